The molecule has 0 bridgehead atoms. The summed E-state index contributed by atoms with van der Waals surface area (Å²) in [7, 11) is 0. The van der Waals surface area contributed by atoms with E-state index < -0.39 is 0 Å². The van der Waals surface area contributed by atoms with Crippen molar-refractivity contribution in [2.75, 3.05) is 17.6 Å². The van der Waals surface area contributed by atoms with Gasteiger partial charge >= 0.3 is 0 Å². The topological polar surface area (TPSA) is 63.8 Å². The molecule has 0 aliphatic carbocycles. The second kappa shape index (κ2) is 3.90. The van der Waals surface area contributed by atoms with Crippen LogP contribution in [-0.4, -0.2) is 16.5 Å². The van der Waals surface area contributed by atoms with E-state index in [2.05, 4.69) is 29.1 Å². The van der Waals surface area contributed by atoms with E-state index in [1.54, 1.807) is 6.20 Å². The molecule has 4 heteroatoms. The average molecular weight is 166 g/mol. The molecule has 0 aliphatic heterocycles. The van der Waals surface area contributed by atoms with Crippen molar-refractivity contribution in [2.45, 2.75) is 13.8 Å². The molecular formula is C8H14N4. The van der Waals surface area contributed by atoms with Crippen LogP contribution in [-0.2, 0) is 0 Å². The summed E-state index contributed by atoms with van der Waals surface area (Å²) < 4.78 is 0. The first-order valence-corrected chi connectivity index (χ1v) is 3.99. The molecule has 1 rings (SSSR count). The highest BCUT2D eigenvalue weighted by atomic mass is 15.0. The number of anilines is 2. The second-order valence-corrected chi connectivity index (χ2v) is 3.10. The van der Waals surface area contributed by atoms with E-state index in [0.717, 1.165) is 12.4 Å². The fourth-order valence-electron chi connectivity index (χ4n) is 0.789. The van der Waals surface area contributed by atoms with E-state index in [4.69, 9.17) is 5.73 Å². The largest absolute Gasteiger partial charge is 0.394 e. The van der Waals surface area contributed by atoms with Gasteiger partial charge < -0.3 is 11.1 Å². The molecule has 0 unspecified atom stereocenters. The summed E-state index contributed by atoms with van der Waals surface area (Å²) in [4.78, 5) is 7.80. The Balaban J connectivity index is 2.57. The van der Waals surface area contributed by atoms with Crippen LogP contribution in [0, 0.1) is 5.92 Å². The fourth-order valence-corrected chi connectivity index (χ4v) is 0.789. The van der Waals surface area contributed by atoms with Gasteiger partial charge in [0, 0.05) is 6.54 Å². The van der Waals surface area contributed by atoms with E-state index in [0.29, 0.717) is 11.6 Å². The van der Waals surface area contributed by atoms with Crippen LogP contribution in [0.15, 0.2) is 12.5 Å². The minimum absolute atomic E-state index is 0.583. The highest BCUT2D eigenvalue weighted by Gasteiger charge is 1.99. The minimum Gasteiger partial charge on any atom is -0.394 e. The van der Waals surface area contributed by atoms with Gasteiger partial charge in [0.2, 0.25) is 0 Å². The van der Waals surface area contributed by atoms with Gasteiger partial charge in [-0.25, -0.2) is 9.97 Å². The summed E-state index contributed by atoms with van der Waals surface area (Å²) in [6, 6.07) is 0. The van der Waals surface area contributed by atoms with Crippen molar-refractivity contribution in [1.29, 1.82) is 0 Å². The maximum Gasteiger partial charge on any atom is 0.152 e. The Morgan fingerprint density at radius 2 is 2.33 bits per heavy atom. The molecule has 4 nitrogen and oxygen atoms in total. The van der Waals surface area contributed by atoms with Crippen molar-refractivity contribution >= 4 is 11.5 Å². The molecule has 0 aliphatic rings. The normalized spacial score (nSPS) is 10.2. The summed E-state index contributed by atoms with van der Waals surface area (Å²) in [6.45, 7) is 5.13. The lowest BCUT2D eigenvalue weighted by atomic mass is 10.2. The van der Waals surface area contributed by atoms with E-state index in [1.165, 1.54) is 6.33 Å². The van der Waals surface area contributed by atoms with Crippen LogP contribution in [0.2, 0.25) is 0 Å². The van der Waals surface area contributed by atoms with Crippen LogP contribution in [0.4, 0.5) is 11.5 Å². The molecule has 66 valence electrons. The molecule has 0 radical (unpaired) electrons. The Morgan fingerprint density at radius 1 is 1.58 bits per heavy atom. The van der Waals surface area contributed by atoms with Crippen LogP contribution in [0.25, 0.3) is 0 Å². The highest BCUT2D eigenvalue weighted by Crippen LogP contribution is 2.11. The van der Waals surface area contributed by atoms with Crippen molar-refractivity contribution in [2.24, 2.45) is 5.92 Å². The van der Waals surface area contributed by atoms with Gasteiger partial charge in [0.1, 0.15) is 6.33 Å². The van der Waals surface area contributed by atoms with Crippen molar-refractivity contribution in [3.8, 4) is 0 Å². The molecule has 12 heavy (non-hydrogen) atoms. The number of hydrogen-bond donors (Lipinski definition) is 2. The quantitative estimate of drug-likeness (QED) is 0.706. The van der Waals surface area contributed by atoms with E-state index >= 15 is 0 Å². The van der Waals surface area contributed by atoms with Gasteiger partial charge in [-0.15, -0.1) is 0 Å². The van der Waals surface area contributed by atoms with Crippen molar-refractivity contribution in [3.63, 3.8) is 0 Å². The van der Waals surface area contributed by atoms with Crippen LogP contribution in [0.1, 0.15) is 13.8 Å². The zero-order valence-electron chi connectivity index (χ0n) is 7.41. The molecule has 0 saturated heterocycles. The van der Waals surface area contributed by atoms with Crippen molar-refractivity contribution in [1.82, 2.24) is 9.97 Å². The molecule has 3 N–H and O–H groups in total. The number of hydrogen-bond acceptors (Lipinski definition) is 4. The Morgan fingerprint density at radius 3 is 2.92 bits per heavy atom. The molecule has 1 aromatic heterocycles. The standard InChI is InChI=1S/C8H14N4/c1-6(2)3-11-8-7(9)4-10-5-12-8/h4-6H,3,9H2,1-2H3,(H,10,11,12). The Bertz CT molecular complexity index is 247. The molecule has 0 saturated carbocycles. The SMILES string of the molecule is CC(C)CNc1ncncc1N. The van der Waals surface area contributed by atoms with Gasteiger partial charge in [-0.05, 0) is 5.92 Å². The summed E-state index contributed by atoms with van der Waals surface area (Å²) in [5.41, 5.74) is 6.21. The second-order valence-electron chi connectivity index (χ2n) is 3.10. The Kier molecular flexibility index (Phi) is 2.85. The lowest BCUT2D eigenvalue weighted by molar-refractivity contribution is 0.687. The molecule has 0 amide bonds. The number of nitrogens with zero attached hydrogens (tertiary/aromatic N) is 2. The summed E-state index contributed by atoms with van der Waals surface area (Å²) in [6.07, 6.45) is 3.08. The van der Waals surface area contributed by atoms with Crippen LogP contribution in [0.5, 0.6) is 0 Å². The third-order valence-electron chi connectivity index (χ3n) is 1.42. The lowest BCUT2D eigenvalue weighted by Gasteiger charge is -2.08. The first kappa shape index (κ1) is 8.77. The van der Waals surface area contributed by atoms with Crippen LogP contribution in [0.3, 0.4) is 0 Å². The predicted octanol–water partition coefficient (Wildman–Crippen LogP) is 1.13. The third kappa shape index (κ3) is 2.38. The van der Waals surface area contributed by atoms with Gasteiger partial charge in [0.25, 0.3) is 0 Å². The number of nitrogen functional groups attached to an aromatic ring is 1. The minimum atomic E-state index is 0.583. The summed E-state index contributed by atoms with van der Waals surface area (Å²) >= 11 is 0. The van der Waals surface area contributed by atoms with Crippen molar-refractivity contribution in [3.05, 3.63) is 12.5 Å². The Labute approximate surface area is 72.2 Å². The summed E-state index contributed by atoms with van der Waals surface area (Å²) in [5.74, 6) is 1.30. The number of nitrogens with one attached hydrogen (secondary N) is 1. The van der Waals surface area contributed by atoms with Gasteiger partial charge in [0.05, 0.1) is 11.9 Å². The van der Waals surface area contributed by atoms with Crippen molar-refractivity contribution < 1.29 is 0 Å². The first-order valence-electron chi connectivity index (χ1n) is 3.99. The molecule has 0 fully saturated rings. The number of aromatic nitrogens is 2. The highest BCUT2D eigenvalue weighted by molar-refractivity contribution is 5.58. The third-order valence-corrected chi connectivity index (χ3v) is 1.42. The number of rotatable bonds is 3. The zero-order valence-corrected chi connectivity index (χ0v) is 7.41. The monoisotopic (exact) mass is 166 g/mol. The van der Waals surface area contributed by atoms with E-state index in [-0.39, 0.29) is 0 Å². The smallest absolute Gasteiger partial charge is 0.152 e. The molecule has 0 atom stereocenters. The van der Waals surface area contributed by atoms with Crippen LogP contribution >= 0.6 is 0 Å². The molecule has 0 aromatic carbocycles. The zero-order chi connectivity index (χ0) is 8.97. The fraction of sp³-hybridized carbons (Fsp3) is 0.500. The Hall–Kier alpha value is -1.32. The van der Waals surface area contributed by atoms with E-state index in [9.17, 15) is 0 Å². The maximum atomic E-state index is 5.62. The summed E-state index contributed by atoms with van der Waals surface area (Å²) in [5, 5.41) is 3.14. The lowest BCUT2D eigenvalue weighted by Crippen LogP contribution is -2.10. The predicted molar refractivity (Wildman–Crippen MR) is 49.8 cm³/mol. The molecule has 1 aromatic rings. The van der Waals surface area contributed by atoms with Gasteiger partial charge in [-0.1, -0.05) is 13.8 Å². The van der Waals surface area contributed by atoms with Gasteiger partial charge in [-0.3, -0.25) is 0 Å². The average Bonchev–Trinajstić information content (AvgIpc) is 2.03. The maximum absolute atomic E-state index is 5.62. The van der Waals surface area contributed by atoms with Gasteiger partial charge in [0.15, 0.2) is 5.82 Å². The molecular weight excluding hydrogens is 152 g/mol. The van der Waals surface area contributed by atoms with Crippen LogP contribution < -0.4 is 11.1 Å². The molecule has 0 spiro atoms. The number of nitrogens with two attached hydrogens (primary N) is 1. The molecule has 1 heterocycles. The van der Waals surface area contributed by atoms with E-state index in [1.807, 2.05) is 0 Å². The first-order chi connectivity index (χ1) is 5.70. The van der Waals surface area contributed by atoms with Gasteiger partial charge in [-0.2, -0.15) is 0 Å².